The summed E-state index contributed by atoms with van der Waals surface area (Å²) in [5.74, 6) is -0.872. The summed E-state index contributed by atoms with van der Waals surface area (Å²) in [7, 11) is 0. The van der Waals surface area contributed by atoms with Gasteiger partial charge in [0.2, 0.25) is 0 Å². The second-order valence-corrected chi connectivity index (χ2v) is 2.25. The van der Waals surface area contributed by atoms with Gasteiger partial charge in [-0.3, -0.25) is 0 Å². The largest absolute Gasteiger partial charge is 0.452 e. The van der Waals surface area contributed by atoms with Crippen LogP contribution in [0.15, 0.2) is 12.2 Å². The second-order valence-electron chi connectivity index (χ2n) is 2.25. The van der Waals surface area contributed by atoms with Crippen molar-refractivity contribution in [2.75, 3.05) is 0 Å². The highest BCUT2D eigenvalue weighted by atomic mass is 19.4. The molecule has 1 rings (SSSR count). The predicted octanol–water partition coefficient (Wildman–Crippen LogP) is 0.391. The summed E-state index contributed by atoms with van der Waals surface area (Å²) >= 11 is 0. The first kappa shape index (κ1) is 9.05. The molecular weight excluding hydrogens is 177 g/mol. The Bertz CT molecular complexity index is 221. The number of aliphatic hydroxyl groups excluding tert-OH is 1. The number of hydrogen-bond donors (Lipinski definition) is 1. The van der Waals surface area contributed by atoms with Crippen LogP contribution in [-0.4, -0.2) is 29.5 Å². The summed E-state index contributed by atoms with van der Waals surface area (Å²) in [5.41, 5.74) is 0. The van der Waals surface area contributed by atoms with E-state index in [2.05, 4.69) is 4.74 Å². The number of alkyl halides is 3. The highest BCUT2D eigenvalue weighted by Gasteiger charge is 2.45. The SMILES string of the molecule is O=C1C=CC(C(O)C(F)(F)F)O1. The van der Waals surface area contributed by atoms with E-state index in [4.69, 9.17) is 5.11 Å². The maximum atomic E-state index is 11.8. The van der Waals surface area contributed by atoms with Gasteiger partial charge in [0.15, 0.2) is 12.2 Å². The van der Waals surface area contributed by atoms with Gasteiger partial charge in [0.25, 0.3) is 0 Å². The summed E-state index contributed by atoms with van der Waals surface area (Å²) < 4.78 is 39.4. The van der Waals surface area contributed by atoms with Crippen molar-refractivity contribution in [1.82, 2.24) is 0 Å². The molecule has 1 aliphatic heterocycles. The summed E-state index contributed by atoms with van der Waals surface area (Å²) in [6, 6.07) is 0. The van der Waals surface area contributed by atoms with Crippen molar-refractivity contribution >= 4 is 5.97 Å². The van der Waals surface area contributed by atoms with Crippen molar-refractivity contribution in [3.8, 4) is 0 Å². The zero-order valence-corrected chi connectivity index (χ0v) is 5.71. The van der Waals surface area contributed by atoms with Crippen LogP contribution in [-0.2, 0) is 9.53 Å². The van der Waals surface area contributed by atoms with Gasteiger partial charge < -0.3 is 9.84 Å². The van der Waals surface area contributed by atoms with Gasteiger partial charge in [-0.15, -0.1) is 0 Å². The van der Waals surface area contributed by atoms with E-state index in [1.165, 1.54) is 0 Å². The Kier molecular flexibility index (Phi) is 2.10. The molecule has 1 heterocycles. The van der Waals surface area contributed by atoms with Crippen LogP contribution in [0.4, 0.5) is 13.2 Å². The number of rotatable bonds is 1. The van der Waals surface area contributed by atoms with Crippen LogP contribution < -0.4 is 0 Å². The number of carbonyl (C=O) groups excluding carboxylic acids is 1. The Balaban J connectivity index is 2.61. The Morgan fingerprint density at radius 3 is 2.50 bits per heavy atom. The molecule has 0 aromatic heterocycles. The molecule has 1 N–H and O–H groups in total. The van der Waals surface area contributed by atoms with Gasteiger partial charge in [0.1, 0.15) is 0 Å². The fourth-order valence-electron chi connectivity index (χ4n) is 0.742. The molecule has 1 aliphatic rings. The normalized spacial score (nSPS) is 25.7. The van der Waals surface area contributed by atoms with Gasteiger partial charge in [-0.2, -0.15) is 13.2 Å². The van der Waals surface area contributed by atoms with Crippen LogP contribution in [0.3, 0.4) is 0 Å². The molecule has 2 unspecified atom stereocenters. The standard InChI is InChI=1S/C6H5F3O3/c7-6(8,9)5(11)3-1-2-4(10)12-3/h1-3,5,11H. The quantitative estimate of drug-likeness (QED) is 0.596. The molecule has 3 nitrogen and oxygen atoms in total. The first-order valence-corrected chi connectivity index (χ1v) is 3.05. The van der Waals surface area contributed by atoms with Gasteiger partial charge >= 0.3 is 12.1 Å². The minimum Gasteiger partial charge on any atom is -0.452 e. The number of ether oxygens (including phenoxy) is 1. The van der Waals surface area contributed by atoms with E-state index in [1.807, 2.05) is 0 Å². The first-order valence-electron chi connectivity index (χ1n) is 3.05. The van der Waals surface area contributed by atoms with Crippen molar-refractivity contribution in [3.63, 3.8) is 0 Å². The van der Waals surface area contributed by atoms with Crippen molar-refractivity contribution in [1.29, 1.82) is 0 Å². The molecule has 2 atom stereocenters. The monoisotopic (exact) mass is 182 g/mol. The second kappa shape index (κ2) is 2.78. The minimum absolute atomic E-state index is 0.847. The average Bonchev–Trinajstić information content (AvgIpc) is 2.32. The molecule has 6 heteroatoms. The van der Waals surface area contributed by atoms with E-state index in [1.54, 1.807) is 0 Å². The average molecular weight is 182 g/mol. The molecule has 0 saturated carbocycles. The van der Waals surface area contributed by atoms with E-state index in [9.17, 15) is 18.0 Å². The van der Waals surface area contributed by atoms with Crippen molar-refractivity contribution in [2.24, 2.45) is 0 Å². The molecule has 0 radical (unpaired) electrons. The highest BCUT2D eigenvalue weighted by Crippen LogP contribution is 2.26. The fourth-order valence-corrected chi connectivity index (χ4v) is 0.742. The lowest BCUT2D eigenvalue weighted by atomic mass is 10.2. The molecule has 68 valence electrons. The van der Waals surface area contributed by atoms with Gasteiger partial charge in [-0.25, -0.2) is 4.79 Å². The lowest BCUT2D eigenvalue weighted by Crippen LogP contribution is -2.39. The molecular formula is C6H5F3O3. The van der Waals surface area contributed by atoms with Crippen molar-refractivity contribution < 1.29 is 27.8 Å². The number of carbonyl (C=O) groups is 1. The predicted molar refractivity (Wildman–Crippen MR) is 31.1 cm³/mol. The molecule has 0 aromatic carbocycles. The third kappa shape index (κ3) is 1.76. The number of cyclic esters (lactones) is 1. The maximum absolute atomic E-state index is 11.8. The third-order valence-electron chi connectivity index (χ3n) is 1.32. The lowest BCUT2D eigenvalue weighted by Gasteiger charge is -2.18. The smallest absolute Gasteiger partial charge is 0.418 e. The Labute approximate surface area is 65.4 Å². The van der Waals surface area contributed by atoms with Crippen LogP contribution in [0.2, 0.25) is 0 Å². The van der Waals surface area contributed by atoms with Crippen LogP contribution in [0, 0.1) is 0 Å². The third-order valence-corrected chi connectivity index (χ3v) is 1.32. The van der Waals surface area contributed by atoms with Crippen LogP contribution in [0.1, 0.15) is 0 Å². The fraction of sp³-hybridized carbons (Fsp3) is 0.500. The number of esters is 1. The van der Waals surface area contributed by atoms with Crippen molar-refractivity contribution in [3.05, 3.63) is 12.2 Å². The Morgan fingerprint density at radius 2 is 2.17 bits per heavy atom. The molecule has 0 amide bonds. The van der Waals surface area contributed by atoms with E-state index in [0.29, 0.717) is 0 Å². The lowest BCUT2D eigenvalue weighted by molar-refractivity contribution is -0.225. The first-order chi connectivity index (χ1) is 5.41. The summed E-state index contributed by atoms with van der Waals surface area (Å²) in [6.07, 6.45) is -7.28. The number of aliphatic hydroxyl groups is 1. The summed E-state index contributed by atoms with van der Waals surface area (Å²) in [5, 5.41) is 8.55. The molecule has 0 fully saturated rings. The van der Waals surface area contributed by atoms with Crippen LogP contribution >= 0.6 is 0 Å². The zero-order chi connectivity index (χ0) is 9.35. The van der Waals surface area contributed by atoms with E-state index in [0.717, 1.165) is 12.2 Å². The van der Waals surface area contributed by atoms with Crippen molar-refractivity contribution in [2.45, 2.75) is 18.4 Å². The molecule has 0 saturated heterocycles. The van der Waals surface area contributed by atoms with Gasteiger partial charge in [0, 0.05) is 6.08 Å². The van der Waals surface area contributed by atoms with E-state index < -0.39 is 24.4 Å². The molecule has 12 heavy (non-hydrogen) atoms. The number of halogens is 3. The van der Waals surface area contributed by atoms with Gasteiger partial charge in [0.05, 0.1) is 0 Å². The van der Waals surface area contributed by atoms with E-state index in [-0.39, 0.29) is 0 Å². The van der Waals surface area contributed by atoms with Crippen LogP contribution in [0.25, 0.3) is 0 Å². The highest BCUT2D eigenvalue weighted by molar-refractivity contribution is 5.84. The van der Waals surface area contributed by atoms with Gasteiger partial charge in [-0.05, 0) is 6.08 Å². The number of hydrogen-bond acceptors (Lipinski definition) is 3. The minimum atomic E-state index is -4.76. The van der Waals surface area contributed by atoms with E-state index >= 15 is 0 Å². The maximum Gasteiger partial charge on any atom is 0.418 e. The summed E-state index contributed by atoms with van der Waals surface area (Å²) in [6.45, 7) is 0. The molecule has 0 spiro atoms. The zero-order valence-electron chi connectivity index (χ0n) is 5.71. The Morgan fingerprint density at radius 1 is 1.58 bits per heavy atom. The topological polar surface area (TPSA) is 46.5 Å². The molecule has 0 bridgehead atoms. The van der Waals surface area contributed by atoms with Gasteiger partial charge in [-0.1, -0.05) is 0 Å². The van der Waals surface area contributed by atoms with Crippen LogP contribution in [0.5, 0.6) is 0 Å². The molecule has 0 aromatic rings. The Hall–Kier alpha value is -1.04. The summed E-state index contributed by atoms with van der Waals surface area (Å²) in [4.78, 5) is 10.3. The molecule has 0 aliphatic carbocycles.